The van der Waals surface area contributed by atoms with E-state index in [0.717, 1.165) is 17.1 Å². The number of nitrogens with zero attached hydrogens (tertiary/aromatic N) is 3. The number of piperazine rings is 1. The van der Waals surface area contributed by atoms with Crippen LogP contribution in [0.25, 0.3) is 5.69 Å². The van der Waals surface area contributed by atoms with Crippen molar-refractivity contribution in [3.8, 4) is 5.69 Å². The molecule has 2 aromatic rings. The molecule has 1 fully saturated rings. The van der Waals surface area contributed by atoms with Crippen LogP contribution in [0.1, 0.15) is 35.6 Å². The molecule has 5 nitrogen and oxygen atoms in total. The molecule has 144 valence electrons. The van der Waals surface area contributed by atoms with Crippen LogP contribution >= 0.6 is 0 Å². The van der Waals surface area contributed by atoms with Crippen molar-refractivity contribution in [1.82, 2.24) is 14.4 Å². The lowest BCUT2D eigenvalue weighted by atomic mass is 10.1. The van der Waals surface area contributed by atoms with Crippen LogP contribution in [0.5, 0.6) is 0 Å². The van der Waals surface area contributed by atoms with Crippen molar-refractivity contribution in [1.29, 1.82) is 0 Å². The van der Waals surface area contributed by atoms with Crippen LogP contribution < -0.4 is 0 Å². The molecule has 1 aliphatic heterocycles. The van der Waals surface area contributed by atoms with Crippen LogP contribution in [0.2, 0.25) is 0 Å². The average Bonchev–Trinajstić information content (AvgIpc) is 2.95. The summed E-state index contributed by atoms with van der Waals surface area (Å²) in [5.74, 6) is -0.196. The first-order chi connectivity index (χ1) is 12.8. The third kappa shape index (κ3) is 3.75. The summed E-state index contributed by atoms with van der Waals surface area (Å²) in [5.41, 5.74) is 3.25. The average molecular weight is 371 g/mol. The summed E-state index contributed by atoms with van der Waals surface area (Å²) in [6, 6.07) is 8.13. The van der Waals surface area contributed by atoms with Gasteiger partial charge in [0.2, 0.25) is 5.91 Å². The number of aryl methyl sites for hydroxylation is 1. The largest absolute Gasteiger partial charge is 0.339 e. The van der Waals surface area contributed by atoms with Crippen LogP contribution in [0.3, 0.4) is 0 Å². The van der Waals surface area contributed by atoms with Crippen molar-refractivity contribution in [2.24, 2.45) is 5.92 Å². The molecule has 0 saturated carbocycles. The standard InChI is InChI=1S/C21H26FN3O2/c1-14(2)20(26)23-9-11-24(12-10-23)21(27)19-13-15(3)25(16(19)4)18-7-5-17(22)6-8-18/h5-8,13-14H,9-12H2,1-4H3. The van der Waals surface area contributed by atoms with E-state index in [1.54, 1.807) is 17.0 Å². The Morgan fingerprint density at radius 1 is 0.963 bits per heavy atom. The number of benzene rings is 1. The van der Waals surface area contributed by atoms with Gasteiger partial charge in [-0.1, -0.05) is 13.8 Å². The van der Waals surface area contributed by atoms with Gasteiger partial charge in [-0.05, 0) is 44.2 Å². The first-order valence-electron chi connectivity index (χ1n) is 9.32. The summed E-state index contributed by atoms with van der Waals surface area (Å²) in [6.45, 7) is 9.84. The number of carbonyl (C=O) groups is 2. The van der Waals surface area contributed by atoms with E-state index in [1.165, 1.54) is 12.1 Å². The van der Waals surface area contributed by atoms with Crippen molar-refractivity contribution in [2.45, 2.75) is 27.7 Å². The number of aromatic nitrogens is 1. The Bertz CT molecular complexity index is 847. The van der Waals surface area contributed by atoms with E-state index in [4.69, 9.17) is 0 Å². The Morgan fingerprint density at radius 2 is 1.52 bits per heavy atom. The molecule has 1 aliphatic rings. The molecule has 0 spiro atoms. The molecule has 0 unspecified atom stereocenters. The minimum atomic E-state index is -0.286. The molecule has 0 atom stereocenters. The van der Waals surface area contributed by atoms with Gasteiger partial charge in [0.1, 0.15) is 5.82 Å². The van der Waals surface area contributed by atoms with Crippen LogP contribution in [0, 0.1) is 25.6 Å². The van der Waals surface area contributed by atoms with Crippen molar-refractivity contribution < 1.29 is 14.0 Å². The zero-order chi connectivity index (χ0) is 19.7. The monoisotopic (exact) mass is 371 g/mol. The summed E-state index contributed by atoms with van der Waals surface area (Å²) >= 11 is 0. The van der Waals surface area contributed by atoms with E-state index in [2.05, 4.69) is 0 Å². The van der Waals surface area contributed by atoms with Crippen LogP contribution in [0.15, 0.2) is 30.3 Å². The van der Waals surface area contributed by atoms with Gasteiger partial charge in [-0.3, -0.25) is 9.59 Å². The van der Waals surface area contributed by atoms with Crippen molar-refractivity contribution in [2.75, 3.05) is 26.2 Å². The molecule has 6 heteroatoms. The van der Waals surface area contributed by atoms with Gasteiger partial charge in [-0.25, -0.2) is 4.39 Å². The van der Waals surface area contributed by atoms with Crippen LogP contribution in [-0.2, 0) is 4.79 Å². The Balaban J connectivity index is 1.78. The highest BCUT2D eigenvalue weighted by atomic mass is 19.1. The molecule has 0 radical (unpaired) electrons. The van der Waals surface area contributed by atoms with E-state index >= 15 is 0 Å². The fourth-order valence-corrected chi connectivity index (χ4v) is 3.63. The Morgan fingerprint density at radius 3 is 2.07 bits per heavy atom. The normalized spacial score (nSPS) is 14.7. The zero-order valence-corrected chi connectivity index (χ0v) is 16.3. The number of hydrogen-bond acceptors (Lipinski definition) is 2. The molecule has 1 aromatic carbocycles. The van der Waals surface area contributed by atoms with E-state index in [9.17, 15) is 14.0 Å². The van der Waals surface area contributed by atoms with Gasteiger partial charge in [0.25, 0.3) is 5.91 Å². The Kier molecular flexibility index (Phi) is 5.35. The molecule has 0 aliphatic carbocycles. The maximum atomic E-state index is 13.2. The topological polar surface area (TPSA) is 45.6 Å². The SMILES string of the molecule is Cc1cc(C(=O)N2CCN(C(=O)C(C)C)CC2)c(C)n1-c1ccc(F)cc1. The second-order valence-corrected chi connectivity index (χ2v) is 7.37. The fourth-order valence-electron chi connectivity index (χ4n) is 3.63. The van der Waals surface area contributed by atoms with Gasteiger partial charge in [0, 0.05) is 49.2 Å². The third-order valence-corrected chi connectivity index (χ3v) is 5.12. The molecule has 0 N–H and O–H groups in total. The van der Waals surface area contributed by atoms with E-state index in [1.807, 2.05) is 43.2 Å². The van der Waals surface area contributed by atoms with Gasteiger partial charge in [0.05, 0.1) is 5.56 Å². The molecule has 2 heterocycles. The summed E-state index contributed by atoms with van der Waals surface area (Å²) in [6.07, 6.45) is 0. The zero-order valence-electron chi connectivity index (χ0n) is 16.3. The van der Waals surface area contributed by atoms with Crippen molar-refractivity contribution in [3.63, 3.8) is 0 Å². The number of amides is 2. The summed E-state index contributed by atoms with van der Waals surface area (Å²) < 4.78 is 15.2. The predicted octanol–water partition coefficient (Wildman–Crippen LogP) is 3.17. The smallest absolute Gasteiger partial charge is 0.255 e. The Hall–Kier alpha value is -2.63. The van der Waals surface area contributed by atoms with Crippen molar-refractivity contribution in [3.05, 3.63) is 53.1 Å². The molecule has 1 aromatic heterocycles. The van der Waals surface area contributed by atoms with Gasteiger partial charge in [-0.2, -0.15) is 0 Å². The van der Waals surface area contributed by atoms with Gasteiger partial charge in [-0.15, -0.1) is 0 Å². The second-order valence-electron chi connectivity index (χ2n) is 7.37. The van der Waals surface area contributed by atoms with Crippen LogP contribution in [-0.4, -0.2) is 52.4 Å². The predicted molar refractivity (Wildman–Crippen MR) is 103 cm³/mol. The van der Waals surface area contributed by atoms with Gasteiger partial charge >= 0.3 is 0 Å². The quantitative estimate of drug-likeness (QED) is 0.832. The highest BCUT2D eigenvalue weighted by Gasteiger charge is 2.28. The maximum Gasteiger partial charge on any atom is 0.255 e. The number of halogens is 1. The van der Waals surface area contributed by atoms with E-state index < -0.39 is 0 Å². The lowest BCUT2D eigenvalue weighted by molar-refractivity contribution is -0.135. The third-order valence-electron chi connectivity index (χ3n) is 5.12. The minimum Gasteiger partial charge on any atom is -0.339 e. The van der Waals surface area contributed by atoms with Gasteiger partial charge < -0.3 is 14.4 Å². The van der Waals surface area contributed by atoms with Crippen LogP contribution in [0.4, 0.5) is 4.39 Å². The summed E-state index contributed by atoms with van der Waals surface area (Å²) in [5, 5.41) is 0. The highest BCUT2D eigenvalue weighted by Crippen LogP contribution is 2.23. The molecule has 2 amide bonds. The number of rotatable bonds is 3. The maximum absolute atomic E-state index is 13.2. The Labute approximate surface area is 159 Å². The molecular weight excluding hydrogens is 345 g/mol. The molecule has 3 rings (SSSR count). The lowest BCUT2D eigenvalue weighted by Gasteiger charge is -2.35. The highest BCUT2D eigenvalue weighted by molar-refractivity contribution is 5.96. The van der Waals surface area contributed by atoms with Crippen molar-refractivity contribution >= 4 is 11.8 Å². The fraction of sp³-hybridized carbons (Fsp3) is 0.429. The lowest BCUT2D eigenvalue weighted by Crippen LogP contribution is -2.51. The number of carbonyl (C=O) groups excluding carboxylic acids is 2. The number of hydrogen-bond donors (Lipinski definition) is 0. The minimum absolute atomic E-state index is 0.0203. The van der Waals surface area contributed by atoms with Gasteiger partial charge in [0.15, 0.2) is 0 Å². The first-order valence-corrected chi connectivity index (χ1v) is 9.32. The second kappa shape index (κ2) is 7.55. The molecule has 27 heavy (non-hydrogen) atoms. The van der Waals surface area contributed by atoms with E-state index in [0.29, 0.717) is 31.7 Å². The molecular formula is C21H26FN3O2. The van der Waals surface area contributed by atoms with E-state index in [-0.39, 0.29) is 23.5 Å². The molecule has 1 saturated heterocycles. The summed E-state index contributed by atoms with van der Waals surface area (Å²) in [4.78, 5) is 28.8. The summed E-state index contributed by atoms with van der Waals surface area (Å²) in [7, 11) is 0. The first kappa shape index (κ1) is 19.1. The molecule has 0 bridgehead atoms.